The van der Waals surface area contributed by atoms with E-state index in [9.17, 15) is 4.79 Å². The number of unbranched alkanes of at least 4 members (excludes halogenated alkanes) is 3. The molecule has 1 unspecified atom stereocenters. The molecular formula is C22H44O4. The van der Waals surface area contributed by atoms with Crippen LogP contribution in [0, 0.1) is 5.41 Å². The molecule has 0 rings (SSSR count). The molecule has 0 saturated heterocycles. The first-order chi connectivity index (χ1) is 12.1. The highest BCUT2D eigenvalue weighted by atomic mass is 17.2. The van der Waals surface area contributed by atoms with E-state index < -0.39 is 11.2 Å². The predicted octanol–water partition coefficient (Wildman–Crippen LogP) is 6.61. The summed E-state index contributed by atoms with van der Waals surface area (Å²) in [5, 5.41) is 0. The molecule has 0 spiro atoms. The molecule has 0 heterocycles. The molecule has 0 N–H and O–H groups in total. The van der Waals surface area contributed by atoms with E-state index in [1.807, 2.05) is 13.8 Å². The summed E-state index contributed by atoms with van der Waals surface area (Å²) in [5.41, 5.74) is -1.68. The average Bonchev–Trinajstić information content (AvgIpc) is 2.54. The second kappa shape index (κ2) is 12.0. The van der Waals surface area contributed by atoms with Gasteiger partial charge in [-0.15, -0.1) is 0 Å². The van der Waals surface area contributed by atoms with Crippen LogP contribution in [0.3, 0.4) is 0 Å². The van der Waals surface area contributed by atoms with Gasteiger partial charge in [-0.05, 0) is 39.5 Å². The van der Waals surface area contributed by atoms with Gasteiger partial charge in [0, 0.05) is 11.8 Å². The molecule has 0 amide bonds. The van der Waals surface area contributed by atoms with Crippen molar-refractivity contribution in [3.05, 3.63) is 0 Å². The summed E-state index contributed by atoms with van der Waals surface area (Å²) in [7, 11) is 0. The summed E-state index contributed by atoms with van der Waals surface area (Å²) in [6.45, 7) is 17.4. The van der Waals surface area contributed by atoms with E-state index >= 15 is 0 Å². The van der Waals surface area contributed by atoms with Crippen molar-refractivity contribution in [3.8, 4) is 0 Å². The quantitative estimate of drug-likeness (QED) is 0.140. The molecule has 0 aliphatic heterocycles. The molecule has 0 aliphatic carbocycles. The minimum Gasteiger partial charge on any atom is -0.456 e. The molecule has 4 nitrogen and oxygen atoms in total. The zero-order valence-electron chi connectivity index (χ0n) is 18.7. The van der Waals surface area contributed by atoms with E-state index in [1.165, 1.54) is 0 Å². The Labute approximate surface area is 162 Å². The van der Waals surface area contributed by atoms with Crippen LogP contribution in [-0.4, -0.2) is 23.8 Å². The number of carbonyl (C=O) groups is 1. The molecule has 0 aromatic rings. The fraction of sp³-hybridized carbons (Fsp3) is 0.955. The monoisotopic (exact) mass is 372 g/mol. The van der Waals surface area contributed by atoms with Gasteiger partial charge in [-0.2, -0.15) is 0 Å². The van der Waals surface area contributed by atoms with Gasteiger partial charge in [0.15, 0.2) is 0 Å². The minimum atomic E-state index is -0.782. The number of rotatable bonds is 15. The van der Waals surface area contributed by atoms with Crippen molar-refractivity contribution in [3.63, 3.8) is 0 Å². The van der Waals surface area contributed by atoms with Crippen molar-refractivity contribution in [2.75, 3.05) is 6.61 Å². The van der Waals surface area contributed by atoms with Crippen LogP contribution in [0.25, 0.3) is 0 Å². The van der Waals surface area contributed by atoms with E-state index in [1.54, 1.807) is 0 Å². The third kappa shape index (κ3) is 6.84. The molecule has 4 heteroatoms. The maximum atomic E-state index is 12.4. The van der Waals surface area contributed by atoms with Gasteiger partial charge >= 0.3 is 5.97 Å². The van der Waals surface area contributed by atoms with Crippen molar-refractivity contribution >= 4 is 5.97 Å². The molecule has 0 saturated carbocycles. The number of carbonyl (C=O) groups excluding carboxylic acids is 1. The highest BCUT2D eigenvalue weighted by Gasteiger charge is 2.58. The van der Waals surface area contributed by atoms with Gasteiger partial charge in [0.25, 0.3) is 0 Å². The van der Waals surface area contributed by atoms with E-state index in [0.717, 1.165) is 44.9 Å². The molecule has 0 aromatic heterocycles. The van der Waals surface area contributed by atoms with Crippen LogP contribution in [0.15, 0.2) is 0 Å². The fourth-order valence-corrected chi connectivity index (χ4v) is 4.10. The first kappa shape index (κ1) is 25.4. The van der Waals surface area contributed by atoms with E-state index in [0.29, 0.717) is 19.4 Å². The summed E-state index contributed by atoms with van der Waals surface area (Å²) in [5.74, 6) is -0.147. The van der Waals surface area contributed by atoms with E-state index in [2.05, 4.69) is 41.5 Å². The Balaban J connectivity index is 5.46. The molecule has 0 bridgehead atoms. The molecule has 1 atom stereocenters. The third-order valence-corrected chi connectivity index (χ3v) is 5.57. The summed E-state index contributed by atoms with van der Waals surface area (Å²) < 4.78 is 5.99. The van der Waals surface area contributed by atoms with Crippen LogP contribution in [0.1, 0.15) is 113 Å². The van der Waals surface area contributed by atoms with Gasteiger partial charge in [0.1, 0.15) is 11.2 Å². The van der Waals surface area contributed by atoms with Crippen LogP contribution >= 0.6 is 0 Å². The maximum Gasteiger partial charge on any atom is 0.306 e. The smallest absolute Gasteiger partial charge is 0.306 e. The van der Waals surface area contributed by atoms with Gasteiger partial charge < -0.3 is 4.74 Å². The zero-order valence-corrected chi connectivity index (χ0v) is 18.7. The van der Waals surface area contributed by atoms with Gasteiger partial charge in [0.2, 0.25) is 0 Å². The van der Waals surface area contributed by atoms with Gasteiger partial charge in [-0.3, -0.25) is 4.79 Å². The van der Waals surface area contributed by atoms with Crippen molar-refractivity contribution in [2.45, 2.75) is 124 Å². The summed E-state index contributed by atoms with van der Waals surface area (Å²) in [4.78, 5) is 24.2. The SMILES string of the molecule is CCCCCC(=O)OC(C)(C)C(CC)(OOCCCC)C(C)(C)CCC. The number of hydrogen-bond acceptors (Lipinski definition) is 4. The first-order valence-corrected chi connectivity index (χ1v) is 10.7. The summed E-state index contributed by atoms with van der Waals surface area (Å²) >= 11 is 0. The highest BCUT2D eigenvalue weighted by Crippen LogP contribution is 2.49. The second-order valence-electron chi connectivity index (χ2n) is 8.51. The predicted molar refractivity (Wildman–Crippen MR) is 108 cm³/mol. The average molecular weight is 373 g/mol. The minimum absolute atomic E-state index is 0.147. The molecular weight excluding hydrogens is 328 g/mol. The van der Waals surface area contributed by atoms with E-state index in [4.69, 9.17) is 14.5 Å². The van der Waals surface area contributed by atoms with Crippen molar-refractivity contribution < 1.29 is 19.3 Å². The summed E-state index contributed by atoms with van der Waals surface area (Å²) in [6, 6.07) is 0. The largest absolute Gasteiger partial charge is 0.456 e. The first-order valence-electron chi connectivity index (χ1n) is 10.7. The molecule has 0 aliphatic rings. The number of hydrogen-bond donors (Lipinski definition) is 0. The lowest BCUT2D eigenvalue weighted by atomic mass is 9.63. The molecule has 0 radical (unpaired) electrons. The topological polar surface area (TPSA) is 44.8 Å². The standard InChI is InChI=1S/C22H44O4/c1-9-13-15-16-19(23)25-21(7,8)22(12-4,20(5,6)17-11-3)26-24-18-14-10-2/h9-18H2,1-8H3. The molecule has 0 fully saturated rings. The van der Waals surface area contributed by atoms with Gasteiger partial charge in [-0.25, -0.2) is 9.78 Å². The van der Waals surface area contributed by atoms with E-state index in [-0.39, 0.29) is 11.4 Å². The van der Waals surface area contributed by atoms with Crippen LogP contribution in [0.2, 0.25) is 0 Å². The Kier molecular flexibility index (Phi) is 11.7. The Bertz CT molecular complexity index is 390. The molecule has 0 aromatic carbocycles. The highest BCUT2D eigenvalue weighted by molar-refractivity contribution is 5.70. The molecule has 26 heavy (non-hydrogen) atoms. The van der Waals surface area contributed by atoms with Crippen molar-refractivity contribution in [1.29, 1.82) is 0 Å². The number of esters is 1. The third-order valence-electron chi connectivity index (χ3n) is 5.57. The Morgan fingerprint density at radius 2 is 1.46 bits per heavy atom. The number of ether oxygens (including phenoxy) is 1. The van der Waals surface area contributed by atoms with Crippen molar-refractivity contribution in [2.24, 2.45) is 5.41 Å². The Morgan fingerprint density at radius 1 is 0.846 bits per heavy atom. The zero-order chi connectivity index (χ0) is 20.3. The fourth-order valence-electron chi connectivity index (χ4n) is 4.10. The lowest BCUT2D eigenvalue weighted by molar-refractivity contribution is -0.417. The lowest BCUT2D eigenvalue weighted by Crippen LogP contribution is -2.62. The van der Waals surface area contributed by atoms with Crippen molar-refractivity contribution in [1.82, 2.24) is 0 Å². The normalized spacial score (nSPS) is 14.9. The second-order valence-corrected chi connectivity index (χ2v) is 8.51. The molecule has 156 valence electrons. The van der Waals surface area contributed by atoms with Gasteiger partial charge in [0.05, 0.1) is 6.61 Å². The van der Waals surface area contributed by atoms with Gasteiger partial charge in [-0.1, -0.05) is 67.2 Å². The lowest BCUT2D eigenvalue weighted by Gasteiger charge is -2.52. The van der Waals surface area contributed by atoms with Crippen LogP contribution in [0.5, 0.6) is 0 Å². The Hall–Kier alpha value is -0.610. The van der Waals surface area contributed by atoms with Crippen LogP contribution < -0.4 is 0 Å². The Morgan fingerprint density at radius 3 is 1.96 bits per heavy atom. The summed E-state index contributed by atoms with van der Waals surface area (Å²) in [6.07, 6.45) is 8.18. The van der Waals surface area contributed by atoms with Crippen LogP contribution in [0.4, 0.5) is 0 Å². The van der Waals surface area contributed by atoms with Crippen LogP contribution in [-0.2, 0) is 19.3 Å². The maximum absolute atomic E-state index is 12.4.